The molecule has 3 heterocycles. The van der Waals surface area contributed by atoms with Crippen molar-refractivity contribution in [3.63, 3.8) is 0 Å². The maximum Gasteiger partial charge on any atom is 0.471 e. The molecule has 0 radical (unpaired) electrons. The minimum absolute atomic E-state index is 0.388. The third-order valence-electron chi connectivity index (χ3n) is 4.62. The van der Waals surface area contributed by atoms with E-state index >= 15 is 0 Å². The van der Waals surface area contributed by atoms with E-state index in [0.29, 0.717) is 19.4 Å². The summed E-state index contributed by atoms with van der Waals surface area (Å²) >= 11 is 5.06. The summed E-state index contributed by atoms with van der Waals surface area (Å²) in [6, 6.07) is 1.01. The minimum Gasteiger partial charge on any atom is -0.369 e. The molecule has 0 aliphatic carbocycles. The summed E-state index contributed by atoms with van der Waals surface area (Å²) in [5.41, 5.74) is 0.619. The molecule has 0 bridgehead atoms. The Hall–Kier alpha value is -0.600. The molecule has 2 aliphatic heterocycles. The third-order valence-corrected chi connectivity index (χ3v) is 6.49. The number of alkyl halides is 3. The number of ether oxygens (including phenoxy) is 1. The van der Waals surface area contributed by atoms with Crippen LogP contribution >= 0.6 is 27.3 Å². The Morgan fingerprint density at radius 2 is 2.00 bits per heavy atom. The molecule has 0 aromatic carbocycles. The fourth-order valence-electron chi connectivity index (χ4n) is 3.91. The van der Waals surface area contributed by atoms with Crippen molar-refractivity contribution < 1.29 is 22.7 Å². The molecule has 8 heteroatoms. The van der Waals surface area contributed by atoms with Crippen LogP contribution in [0, 0.1) is 0 Å². The van der Waals surface area contributed by atoms with Gasteiger partial charge in [0.15, 0.2) is 0 Å². The van der Waals surface area contributed by atoms with Gasteiger partial charge >= 0.3 is 12.1 Å². The lowest BCUT2D eigenvalue weighted by molar-refractivity contribution is -0.199. The van der Waals surface area contributed by atoms with Crippen LogP contribution in [-0.2, 0) is 21.6 Å². The normalized spacial score (nSPS) is 31.3. The third kappa shape index (κ3) is 2.93. The predicted molar refractivity (Wildman–Crippen MR) is 84.4 cm³/mol. The molecule has 2 unspecified atom stereocenters. The van der Waals surface area contributed by atoms with E-state index in [2.05, 4.69) is 22.0 Å². The molecule has 1 saturated heterocycles. The van der Waals surface area contributed by atoms with Gasteiger partial charge in [-0.25, -0.2) is 0 Å². The Kier molecular flexibility index (Phi) is 4.30. The van der Waals surface area contributed by atoms with Gasteiger partial charge in [-0.3, -0.25) is 4.79 Å². The van der Waals surface area contributed by atoms with Crippen LogP contribution in [0.1, 0.15) is 37.1 Å². The van der Waals surface area contributed by atoms with Crippen LogP contribution < -0.4 is 0 Å². The van der Waals surface area contributed by atoms with E-state index in [4.69, 9.17) is 4.74 Å². The van der Waals surface area contributed by atoms with Gasteiger partial charge in [0.25, 0.3) is 0 Å². The first kappa shape index (κ1) is 17.2. The van der Waals surface area contributed by atoms with Crippen LogP contribution in [0.15, 0.2) is 9.85 Å². The Labute approximate surface area is 144 Å². The van der Waals surface area contributed by atoms with Gasteiger partial charge in [0.1, 0.15) is 5.60 Å². The van der Waals surface area contributed by atoms with Gasteiger partial charge in [-0.05, 0) is 47.8 Å². The SMILES string of the molecule is CC1CC2(CC(C)N1C(=O)C(F)(F)F)OCCc1cc(Br)sc12. The second-order valence-corrected chi connectivity index (χ2v) is 8.75. The molecular formula is C15H17BrF3NO2S. The molecule has 128 valence electrons. The molecule has 1 aromatic heterocycles. The van der Waals surface area contributed by atoms with Crippen LogP contribution in [0.3, 0.4) is 0 Å². The molecule has 3 nitrogen and oxygen atoms in total. The number of amides is 1. The molecule has 1 aromatic rings. The molecule has 0 N–H and O–H groups in total. The van der Waals surface area contributed by atoms with Crippen molar-refractivity contribution in [2.45, 2.75) is 57.0 Å². The predicted octanol–water partition coefficient (Wildman–Crippen LogP) is 4.24. The molecule has 0 saturated carbocycles. The van der Waals surface area contributed by atoms with Crippen LogP contribution in [0.5, 0.6) is 0 Å². The van der Waals surface area contributed by atoms with Gasteiger partial charge in [0, 0.05) is 29.8 Å². The van der Waals surface area contributed by atoms with E-state index in [9.17, 15) is 18.0 Å². The number of thiophene rings is 1. The Balaban J connectivity index is 1.92. The summed E-state index contributed by atoms with van der Waals surface area (Å²) in [7, 11) is 0. The van der Waals surface area contributed by atoms with Gasteiger partial charge in [-0.1, -0.05) is 0 Å². The lowest BCUT2D eigenvalue weighted by Gasteiger charge is -2.50. The molecule has 1 fully saturated rings. The standard InChI is InChI=1S/C15H17BrF3NO2S/c1-8-6-14(7-9(2)20(8)13(21)15(17,18)19)12-10(3-4-22-14)5-11(16)23-12/h5,8-9H,3-4,6-7H2,1-2H3. The van der Waals surface area contributed by atoms with E-state index in [1.165, 1.54) is 5.56 Å². The van der Waals surface area contributed by atoms with Gasteiger partial charge in [-0.2, -0.15) is 13.2 Å². The topological polar surface area (TPSA) is 29.5 Å². The Morgan fingerprint density at radius 1 is 1.39 bits per heavy atom. The summed E-state index contributed by atoms with van der Waals surface area (Å²) in [4.78, 5) is 13.8. The van der Waals surface area contributed by atoms with Crippen LogP contribution in [0.25, 0.3) is 0 Å². The molecular weight excluding hydrogens is 395 g/mol. The average molecular weight is 412 g/mol. The fraction of sp³-hybridized carbons (Fsp3) is 0.667. The summed E-state index contributed by atoms with van der Waals surface area (Å²) in [6.45, 7) is 3.89. The maximum absolute atomic E-state index is 12.8. The van der Waals surface area contributed by atoms with E-state index in [1.54, 1.807) is 25.2 Å². The smallest absolute Gasteiger partial charge is 0.369 e. The first-order valence-corrected chi connectivity index (χ1v) is 9.07. The summed E-state index contributed by atoms with van der Waals surface area (Å²) < 4.78 is 45.6. The van der Waals surface area contributed by atoms with Crippen molar-refractivity contribution in [3.8, 4) is 0 Å². The van der Waals surface area contributed by atoms with Gasteiger partial charge in [0.2, 0.25) is 0 Å². The summed E-state index contributed by atoms with van der Waals surface area (Å²) in [5.74, 6) is -1.75. The first-order chi connectivity index (χ1) is 10.6. The number of hydrogen-bond acceptors (Lipinski definition) is 3. The molecule has 1 amide bonds. The maximum atomic E-state index is 12.8. The number of piperidine rings is 1. The number of hydrogen-bond donors (Lipinski definition) is 0. The zero-order valence-corrected chi connectivity index (χ0v) is 15.1. The zero-order chi connectivity index (χ0) is 17.0. The first-order valence-electron chi connectivity index (χ1n) is 7.46. The number of likely N-dealkylation sites (tertiary alicyclic amines) is 1. The van der Waals surface area contributed by atoms with Crippen LogP contribution in [0.4, 0.5) is 13.2 Å². The largest absolute Gasteiger partial charge is 0.471 e. The van der Waals surface area contributed by atoms with Crippen molar-refractivity contribution in [1.82, 2.24) is 4.90 Å². The minimum atomic E-state index is -4.84. The number of nitrogens with zero attached hydrogens (tertiary/aromatic N) is 1. The second-order valence-electron chi connectivity index (χ2n) is 6.31. The molecule has 2 atom stereocenters. The number of carbonyl (C=O) groups excluding carboxylic acids is 1. The summed E-state index contributed by atoms with van der Waals surface area (Å²) in [6.07, 6.45) is -3.25. The quantitative estimate of drug-likeness (QED) is 0.638. The Bertz CT molecular complexity index is 619. The molecule has 2 aliphatic rings. The van der Waals surface area contributed by atoms with Crippen molar-refractivity contribution >= 4 is 33.2 Å². The number of fused-ring (bicyclic) bond motifs is 2. The van der Waals surface area contributed by atoms with Gasteiger partial charge in [-0.15, -0.1) is 11.3 Å². The van der Waals surface area contributed by atoms with E-state index in [-0.39, 0.29) is 0 Å². The molecule has 23 heavy (non-hydrogen) atoms. The van der Waals surface area contributed by atoms with Crippen molar-refractivity contribution in [2.75, 3.05) is 6.61 Å². The van der Waals surface area contributed by atoms with Crippen LogP contribution in [0.2, 0.25) is 0 Å². The van der Waals surface area contributed by atoms with Gasteiger partial charge in [0.05, 0.1) is 10.4 Å². The number of rotatable bonds is 0. The van der Waals surface area contributed by atoms with E-state index < -0.39 is 29.8 Å². The van der Waals surface area contributed by atoms with Gasteiger partial charge < -0.3 is 9.64 Å². The highest BCUT2D eigenvalue weighted by Crippen LogP contribution is 2.49. The highest BCUT2D eigenvalue weighted by molar-refractivity contribution is 9.11. The monoisotopic (exact) mass is 411 g/mol. The summed E-state index contributed by atoms with van der Waals surface area (Å²) in [5, 5.41) is 0. The molecule has 1 spiro atoms. The van der Waals surface area contributed by atoms with Crippen molar-refractivity contribution in [3.05, 3.63) is 20.3 Å². The zero-order valence-electron chi connectivity index (χ0n) is 12.7. The lowest BCUT2D eigenvalue weighted by Crippen LogP contribution is -2.59. The highest BCUT2D eigenvalue weighted by atomic mass is 79.9. The van der Waals surface area contributed by atoms with Crippen molar-refractivity contribution in [1.29, 1.82) is 0 Å². The average Bonchev–Trinajstić information content (AvgIpc) is 2.79. The second kappa shape index (κ2) is 5.74. The lowest BCUT2D eigenvalue weighted by atomic mass is 9.79. The highest BCUT2D eigenvalue weighted by Gasteiger charge is 2.53. The number of carbonyl (C=O) groups is 1. The Morgan fingerprint density at radius 3 is 2.57 bits per heavy atom. The van der Waals surface area contributed by atoms with Crippen molar-refractivity contribution in [2.24, 2.45) is 0 Å². The van der Waals surface area contributed by atoms with E-state index in [0.717, 1.165) is 20.0 Å². The van der Waals surface area contributed by atoms with Crippen LogP contribution in [-0.4, -0.2) is 35.7 Å². The fourth-order valence-corrected chi connectivity index (χ4v) is 5.77. The van der Waals surface area contributed by atoms with E-state index in [1.807, 2.05) is 0 Å². The number of halogens is 4. The molecule has 3 rings (SSSR count).